The normalized spacial score (nSPS) is 10.9. The molecule has 0 aliphatic carbocycles. The van der Waals surface area contributed by atoms with Crippen molar-refractivity contribution >= 4 is 0 Å². The fraction of sp³-hybridized carbons (Fsp3) is 1.00. The molecule has 0 fully saturated rings. The zero-order valence-electron chi connectivity index (χ0n) is 7.97. The Kier molecular flexibility index (Phi) is 7.96. The van der Waals surface area contributed by atoms with Crippen molar-refractivity contribution in [3.8, 4) is 0 Å². The zero-order valence-corrected chi connectivity index (χ0v) is 7.97. The lowest BCUT2D eigenvalue weighted by molar-refractivity contribution is 0.337. The number of hydrogen-bond acceptors (Lipinski definition) is 2. The van der Waals surface area contributed by atoms with Gasteiger partial charge in [0.15, 0.2) is 0 Å². The fourth-order valence-corrected chi connectivity index (χ4v) is 1.14. The molecule has 11 heavy (non-hydrogen) atoms. The highest BCUT2D eigenvalue weighted by atomic mass is 15.4. The summed E-state index contributed by atoms with van der Waals surface area (Å²) < 4.78 is 0. The summed E-state index contributed by atoms with van der Waals surface area (Å²) in [5.74, 6) is 5.47. The minimum Gasteiger partial charge on any atom is -0.269 e. The first-order chi connectivity index (χ1) is 5.27. The molecule has 0 aromatic heterocycles. The third-order valence-corrected chi connectivity index (χ3v) is 1.86. The second-order valence-electron chi connectivity index (χ2n) is 3.25. The van der Waals surface area contributed by atoms with E-state index in [2.05, 4.69) is 6.92 Å². The van der Waals surface area contributed by atoms with E-state index in [-0.39, 0.29) is 0 Å². The van der Waals surface area contributed by atoms with Gasteiger partial charge in [-0.05, 0) is 6.42 Å². The molecule has 0 radical (unpaired) electrons. The van der Waals surface area contributed by atoms with E-state index in [4.69, 9.17) is 5.84 Å². The molecule has 0 aromatic rings. The highest BCUT2D eigenvalue weighted by molar-refractivity contribution is 4.45. The Hall–Kier alpha value is -0.0800. The maximum Gasteiger partial charge on any atom is 0.0125 e. The van der Waals surface area contributed by atoms with Gasteiger partial charge in [0, 0.05) is 13.6 Å². The second kappa shape index (κ2) is 8.02. The average molecular weight is 158 g/mol. The van der Waals surface area contributed by atoms with E-state index < -0.39 is 0 Å². The van der Waals surface area contributed by atoms with E-state index in [1.165, 1.54) is 38.5 Å². The first-order valence-electron chi connectivity index (χ1n) is 4.73. The molecule has 0 amide bonds. The quantitative estimate of drug-likeness (QED) is 0.349. The highest BCUT2D eigenvalue weighted by Crippen LogP contribution is 2.04. The highest BCUT2D eigenvalue weighted by Gasteiger charge is 1.91. The predicted octanol–water partition coefficient (Wildman–Crippen LogP) is 2.15. The summed E-state index contributed by atoms with van der Waals surface area (Å²) in [6.07, 6.45) is 8.07. The van der Waals surface area contributed by atoms with Gasteiger partial charge in [0.25, 0.3) is 0 Å². The van der Waals surface area contributed by atoms with Gasteiger partial charge in [-0.15, -0.1) is 0 Å². The monoisotopic (exact) mass is 158 g/mol. The maximum atomic E-state index is 5.47. The smallest absolute Gasteiger partial charge is 0.0125 e. The minimum absolute atomic E-state index is 1.03. The topological polar surface area (TPSA) is 29.3 Å². The Morgan fingerprint density at radius 1 is 1.00 bits per heavy atom. The van der Waals surface area contributed by atoms with Crippen molar-refractivity contribution in [1.29, 1.82) is 0 Å². The average Bonchev–Trinajstić information content (AvgIpc) is 1.96. The molecule has 0 saturated heterocycles. The van der Waals surface area contributed by atoms with E-state index in [0.717, 1.165) is 6.54 Å². The molecule has 0 unspecified atom stereocenters. The minimum atomic E-state index is 1.03. The van der Waals surface area contributed by atoms with Crippen molar-refractivity contribution in [2.45, 2.75) is 45.4 Å². The lowest BCUT2D eigenvalue weighted by Gasteiger charge is -2.07. The number of nitrogens with two attached hydrogens (primary N) is 1. The van der Waals surface area contributed by atoms with Gasteiger partial charge in [0.05, 0.1) is 0 Å². The van der Waals surface area contributed by atoms with Crippen molar-refractivity contribution < 1.29 is 0 Å². The molecule has 0 saturated carbocycles. The number of hydrazine groups is 1. The molecule has 2 N–H and O–H groups in total. The molecule has 0 aliphatic heterocycles. The van der Waals surface area contributed by atoms with Crippen LogP contribution >= 0.6 is 0 Å². The fourth-order valence-electron chi connectivity index (χ4n) is 1.14. The van der Waals surface area contributed by atoms with Crippen LogP contribution in [-0.2, 0) is 0 Å². The van der Waals surface area contributed by atoms with Crippen LogP contribution in [0.2, 0.25) is 0 Å². The number of rotatable bonds is 7. The van der Waals surface area contributed by atoms with Gasteiger partial charge in [0.1, 0.15) is 0 Å². The summed E-state index contributed by atoms with van der Waals surface area (Å²) in [5, 5.41) is 1.76. The number of nitrogens with zero attached hydrogens (tertiary/aromatic N) is 1. The molecule has 0 rings (SSSR count). The Morgan fingerprint density at radius 2 is 1.55 bits per heavy atom. The van der Waals surface area contributed by atoms with Crippen LogP contribution in [0.1, 0.15) is 45.4 Å². The third kappa shape index (κ3) is 9.92. The summed E-state index contributed by atoms with van der Waals surface area (Å²) in [5.41, 5.74) is 0. The van der Waals surface area contributed by atoms with E-state index in [1.54, 1.807) is 5.01 Å². The summed E-state index contributed by atoms with van der Waals surface area (Å²) >= 11 is 0. The van der Waals surface area contributed by atoms with Crippen molar-refractivity contribution in [1.82, 2.24) is 5.01 Å². The van der Waals surface area contributed by atoms with E-state index in [0.29, 0.717) is 0 Å². The lowest BCUT2D eigenvalue weighted by atomic mass is 10.1. The molecule has 0 atom stereocenters. The number of unbranched alkanes of at least 4 members (excludes halogenated alkanes) is 5. The van der Waals surface area contributed by atoms with Gasteiger partial charge in [-0.25, -0.2) is 0 Å². The molecule has 0 spiro atoms. The van der Waals surface area contributed by atoms with E-state index >= 15 is 0 Å². The summed E-state index contributed by atoms with van der Waals surface area (Å²) in [6.45, 7) is 3.28. The Balaban J connectivity index is 2.80. The van der Waals surface area contributed by atoms with Crippen LogP contribution in [0.15, 0.2) is 0 Å². The molecule has 0 heterocycles. The molecular formula is C9H22N2. The van der Waals surface area contributed by atoms with Crippen LogP contribution in [-0.4, -0.2) is 18.6 Å². The van der Waals surface area contributed by atoms with Crippen molar-refractivity contribution in [3.63, 3.8) is 0 Å². The van der Waals surface area contributed by atoms with Gasteiger partial charge in [-0.3, -0.25) is 10.9 Å². The number of hydrogen-bond donors (Lipinski definition) is 1. The van der Waals surface area contributed by atoms with Crippen molar-refractivity contribution in [2.75, 3.05) is 13.6 Å². The molecule has 68 valence electrons. The Bertz CT molecular complexity index is 72.0. The summed E-state index contributed by atoms with van der Waals surface area (Å²) in [6, 6.07) is 0. The lowest BCUT2D eigenvalue weighted by Crippen LogP contribution is -2.26. The molecule has 2 heteroatoms. The van der Waals surface area contributed by atoms with Gasteiger partial charge in [-0.1, -0.05) is 39.0 Å². The summed E-state index contributed by atoms with van der Waals surface area (Å²) in [4.78, 5) is 0. The molecule has 2 nitrogen and oxygen atoms in total. The summed E-state index contributed by atoms with van der Waals surface area (Å²) in [7, 11) is 1.92. The van der Waals surface area contributed by atoms with Crippen molar-refractivity contribution in [3.05, 3.63) is 0 Å². The van der Waals surface area contributed by atoms with Crippen molar-refractivity contribution in [2.24, 2.45) is 5.84 Å². The molecular weight excluding hydrogens is 136 g/mol. The van der Waals surface area contributed by atoms with Gasteiger partial charge in [0.2, 0.25) is 0 Å². The van der Waals surface area contributed by atoms with Gasteiger partial charge >= 0.3 is 0 Å². The first kappa shape index (κ1) is 10.9. The predicted molar refractivity (Wildman–Crippen MR) is 50.2 cm³/mol. The van der Waals surface area contributed by atoms with E-state index in [9.17, 15) is 0 Å². The molecule has 0 aromatic carbocycles. The van der Waals surface area contributed by atoms with Crippen LogP contribution in [0.4, 0.5) is 0 Å². The van der Waals surface area contributed by atoms with E-state index in [1.807, 2.05) is 7.05 Å². The van der Waals surface area contributed by atoms with Crippen LogP contribution < -0.4 is 5.84 Å². The van der Waals surface area contributed by atoms with Crippen LogP contribution in [0, 0.1) is 0 Å². The second-order valence-corrected chi connectivity index (χ2v) is 3.25. The first-order valence-corrected chi connectivity index (χ1v) is 4.73. The zero-order chi connectivity index (χ0) is 8.53. The maximum absolute atomic E-state index is 5.47. The van der Waals surface area contributed by atoms with Gasteiger partial charge < -0.3 is 0 Å². The SMILES string of the molecule is CCCCCCCCN(C)N. The third-order valence-electron chi connectivity index (χ3n) is 1.86. The van der Waals surface area contributed by atoms with Gasteiger partial charge in [-0.2, -0.15) is 0 Å². The molecule has 0 bridgehead atoms. The van der Waals surface area contributed by atoms with Crippen LogP contribution in [0.5, 0.6) is 0 Å². The standard InChI is InChI=1S/C9H22N2/c1-3-4-5-6-7-8-9-11(2)10/h3-10H2,1-2H3. The Labute approximate surface area is 70.7 Å². The Morgan fingerprint density at radius 3 is 2.09 bits per heavy atom. The van der Waals surface area contributed by atoms with Crippen LogP contribution in [0.3, 0.4) is 0 Å². The molecule has 0 aliphatic rings. The van der Waals surface area contributed by atoms with Crippen LogP contribution in [0.25, 0.3) is 0 Å². The largest absolute Gasteiger partial charge is 0.269 e.